The van der Waals surface area contributed by atoms with Crippen molar-refractivity contribution in [2.45, 2.75) is 32.6 Å². The molecule has 0 unspecified atom stereocenters. The molecule has 1 aromatic carbocycles. The van der Waals surface area contributed by atoms with Crippen molar-refractivity contribution in [2.75, 3.05) is 5.32 Å². The first kappa shape index (κ1) is 15.0. The van der Waals surface area contributed by atoms with Crippen LogP contribution in [0.5, 0.6) is 0 Å². The van der Waals surface area contributed by atoms with Crippen molar-refractivity contribution in [3.8, 4) is 5.69 Å². The van der Waals surface area contributed by atoms with E-state index in [1.165, 1.54) is 16.9 Å². The molecule has 1 aliphatic rings. The van der Waals surface area contributed by atoms with Crippen LogP contribution in [0.3, 0.4) is 0 Å². The maximum atomic E-state index is 12.7. The Kier molecular flexibility index (Phi) is 3.86. The lowest BCUT2D eigenvalue weighted by molar-refractivity contribution is 0.102. The Hall–Kier alpha value is -2.54. The monoisotopic (exact) mass is 339 g/mol. The molecule has 122 valence electrons. The Morgan fingerprint density at radius 2 is 2.17 bits per heavy atom. The molecule has 0 radical (unpaired) electrons. The predicted octanol–water partition coefficient (Wildman–Crippen LogP) is 3.16. The molecule has 4 rings (SSSR count). The van der Waals surface area contributed by atoms with E-state index >= 15 is 0 Å². The lowest BCUT2D eigenvalue weighted by Gasteiger charge is -2.13. The Morgan fingerprint density at radius 1 is 1.29 bits per heavy atom. The highest BCUT2D eigenvalue weighted by Crippen LogP contribution is 2.30. The van der Waals surface area contributed by atoms with E-state index in [4.69, 9.17) is 0 Å². The first-order chi connectivity index (χ1) is 11.7. The van der Waals surface area contributed by atoms with Gasteiger partial charge in [0.1, 0.15) is 0 Å². The smallest absolute Gasteiger partial charge is 0.256 e. The molecule has 2 aromatic heterocycles. The number of thiophene rings is 1. The molecule has 24 heavy (non-hydrogen) atoms. The number of benzene rings is 1. The van der Waals surface area contributed by atoms with Crippen molar-refractivity contribution in [1.29, 1.82) is 0 Å². The summed E-state index contributed by atoms with van der Waals surface area (Å²) in [5.41, 5.74) is 3.61. The van der Waals surface area contributed by atoms with Crippen LogP contribution >= 0.6 is 11.3 Å². The van der Waals surface area contributed by atoms with Gasteiger partial charge in [-0.1, -0.05) is 6.07 Å². The van der Waals surface area contributed by atoms with Gasteiger partial charge in [-0.3, -0.25) is 4.79 Å². The number of rotatable bonds is 3. The van der Waals surface area contributed by atoms with Gasteiger partial charge < -0.3 is 5.32 Å². The number of amides is 1. The number of nitrogens with zero attached hydrogens (tertiary/aromatic N) is 4. The predicted molar refractivity (Wildman–Crippen MR) is 92.8 cm³/mol. The van der Waals surface area contributed by atoms with E-state index in [2.05, 4.69) is 20.8 Å². The standard InChI is InChI=1S/C17H17N5OS/c1-11-19-20-21-22(11)13-6-4-5-12(9-13)18-17(23)15-10-24-16-8-3-2-7-14(15)16/h4-6,9-10H,2-3,7-8H2,1H3,(H,18,23). The van der Waals surface area contributed by atoms with Crippen molar-refractivity contribution in [3.63, 3.8) is 0 Å². The minimum atomic E-state index is -0.0417. The molecule has 0 saturated heterocycles. The molecule has 0 aliphatic heterocycles. The van der Waals surface area contributed by atoms with Crippen molar-refractivity contribution in [3.05, 3.63) is 51.5 Å². The van der Waals surface area contributed by atoms with Gasteiger partial charge in [0, 0.05) is 15.9 Å². The van der Waals surface area contributed by atoms with Crippen molar-refractivity contribution in [1.82, 2.24) is 20.2 Å². The lowest BCUT2D eigenvalue weighted by atomic mass is 9.95. The third-order valence-corrected chi connectivity index (χ3v) is 5.37. The molecule has 1 amide bonds. The van der Waals surface area contributed by atoms with Crippen LogP contribution in [0.1, 0.15) is 39.5 Å². The molecule has 2 heterocycles. The van der Waals surface area contributed by atoms with Crippen LogP contribution < -0.4 is 5.32 Å². The van der Waals surface area contributed by atoms with E-state index in [1.54, 1.807) is 16.0 Å². The summed E-state index contributed by atoms with van der Waals surface area (Å²) in [6.07, 6.45) is 4.49. The molecular formula is C17H17N5OS. The van der Waals surface area contributed by atoms with Gasteiger partial charge in [-0.2, -0.15) is 4.68 Å². The molecule has 6 nitrogen and oxygen atoms in total. The summed E-state index contributed by atoms with van der Waals surface area (Å²) >= 11 is 1.70. The van der Waals surface area contributed by atoms with Gasteiger partial charge in [0.15, 0.2) is 5.82 Å². The molecule has 0 fully saturated rings. The summed E-state index contributed by atoms with van der Waals surface area (Å²) in [4.78, 5) is 14.0. The second kappa shape index (κ2) is 6.16. The highest BCUT2D eigenvalue weighted by atomic mass is 32.1. The maximum absolute atomic E-state index is 12.7. The minimum absolute atomic E-state index is 0.0417. The number of hydrogen-bond acceptors (Lipinski definition) is 5. The summed E-state index contributed by atoms with van der Waals surface area (Å²) in [5.74, 6) is 0.658. The number of tetrazole rings is 1. The fourth-order valence-electron chi connectivity index (χ4n) is 3.07. The van der Waals surface area contributed by atoms with Crippen molar-refractivity contribution >= 4 is 22.9 Å². The largest absolute Gasteiger partial charge is 0.322 e. The normalized spacial score (nSPS) is 13.5. The molecule has 0 atom stereocenters. The first-order valence-corrected chi connectivity index (χ1v) is 8.86. The molecule has 0 saturated carbocycles. The van der Waals surface area contributed by atoms with Crippen molar-refractivity contribution < 1.29 is 4.79 Å². The first-order valence-electron chi connectivity index (χ1n) is 7.98. The zero-order valence-electron chi connectivity index (χ0n) is 13.3. The summed E-state index contributed by atoms with van der Waals surface area (Å²) < 4.78 is 1.64. The van der Waals surface area contributed by atoms with E-state index in [0.29, 0.717) is 5.82 Å². The number of fused-ring (bicyclic) bond motifs is 1. The second-order valence-corrected chi connectivity index (χ2v) is 6.86. The maximum Gasteiger partial charge on any atom is 0.256 e. The molecule has 1 N–H and O–H groups in total. The topological polar surface area (TPSA) is 72.7 Å². The summed E-state index contributed by atoms with van der Waals surface area (Å²) in [6, 6.07) is 7.54. The van der Waals surface area contributed by atoms with E-state index in [1.807, 2.05) is 36.6 Å². The van der Waals surface area contributed by atoms with Crippen LogP contribution in [-0.4, -0.2) is 26.1 Å². The zero-order chi connectivity index (χ0) is 16.5. The quantitative estimate of drug-likeness (QED) is 0.795. The summed E-state index contributed by atoms with van der Waals surface area (Å²) in [6.45, 7) is 1.84. The SMILES string of the molecule is Cc1nnnn1-c1cccc(NC(=O)c2csc3c2CCCC3)c1. The van der Waals surface area contributed by atoms with Gasteiger partial charge in [0.25, 0.3) is 5.91 Å². The van der Waals surface area contributed by atoms with Crippen LogP contribution in [0.4, 0.5) is 5.69 Å². The number of aryl methyl sites for hydroxylation is 2. The number of aromatic nitrogens is 4. The van der Waals surface area contributed by atoms with Gasteiger partial charge in [0.2, 0.25) is 0 Å². The minimum Gasteiger partial charge on any atom is -0.322 e. The number of carbonyl (C=O) groups is 1. The molecule has 0 bridgehead atoms. The fraction of sp³-hybridized carbons (Fsp3) is 0.294. The van der Waals surface area contributed by atoms with Gasteiger partial charge in [-0.15, -0.1) is 16.4 Å². The number of anilines is 1. The van der Waals surface area contributed by atoms with Crippen LogP contribution in [0.15, 0.2) is 29.6 Å². The third kappa shape index (κ3) is 2.71. The molecular weight excluding hydrogens is 322 g/mol. The van der Waals surface area contributed by atoms with Crippen LogP contribution in [0, 0.1) is 6.92 Å². The molecule has 7 heteroatoms. The van der Waals surface area contributed by atoms with E-state index < -0.39 is 0 Å². The number of hydrogen-bond donors (Lipinski definition) is 1. The average molecular weight is 339 g/mol. The van der Waals surface area contributed by atoms with Crippen molar-refractivity contribution in [2.24, 2.45) is 0 Å². The molecule has 0 spiro atoms. The Morgan fingerprint density at radius 3 is 3.00 bits per heavy atom. The number of carbonyl (C=O) groups excluding carboxylic acids is 1. The number of nitrogens with one attached hydrogen (secondary N) is 1. The Bertz CT molecular complexity index is 898. The van der Waals surface area contributed by atoms with Crippen LogP contribution in [0.25, 0.3) is 5.69 Å². The van der Waals surface area contributed by atoms with E-state index in [9.17, 15) is 4.79 Å². The Balaban J connectivity index is 1.58. The fourth-order valence-corrected chi connectivity index (χ4v) is 4.19. The Labute approximate surface area is 143 Å². The molecule has 3 aromatic rings. The second-order valence-electron chi connectivity index (χ2n) is 5.90. The molecule has 1 aliphatic carbocycles. The van der Waals surface area contributed by atoms with E-state index in [-0.39, 0.29) is 5.91 Å². The van der Waals surface area contributed by atoms with Gasteiger partial charge >= 0.3 is 0 Å². The zero-order valence-corrected chi connectivity index (χ0v) is 14.1. The lowest BCUT2D eigenvalue weighted by Crippen LogP contribution is -2.14. The van der Waals surface area contributed by atoms with Gasteiger partial charge in [0.05, 0.1) is 11.3 Å². The average Bonchev–Trinajstić information content (AvgIpc) is 3.21. The van der Waals surface area contributed by atoms with Crippen LogP contribution in [-0.2, 0) is 12.8 Å². The van der Waals surface area contributed by atoms with E-state index in [0.717, 1.165) is 36.2 Å². The summed E-state index contributed by atoms with van der Waals surface area (Å²) in [7, 11) is 0. The van der Waals surface area contributed by atoms with Gasteiger partial charge in [-0.05, 0) is 66.8 Å². The highest BCUT2D eigenvalue weighted by Gasteiger charge is 2.20. The highest BCUT2D eigenvalue weighted by molar-refractivity contribution is 7.10. The summed E-state index contributed by atoms with van der Waals surface area (Å²) in [5, 5.41) is 16.5. The third-order valence-electron chi connectivity index (χ3n) is 4.28. The van der Waals surface area contributed by atoms with Crippen LogP contribution in [0.2, 0.25) is 0 Å². The van der Waals surface area contributed by atoms with Gasteiger partial charge in [-0.25, -0.2) is 0 Å².